The standard InChI is InChI=1S/C24H30O3Si/c1-24(2,3)28(20-13-6-4-7-14-20,21-15-8-5-9-16-21)27-17-11-10-12-19-18-22(19)23(25)26/h4-9,11,13-17,19,22H,10,12,18H2,1-3H3,(H,25,26). The quantitative estimate of drug-likeness (QED) is 0.527. The van der Waals surface area contributed by atoms with Crippen molar-refractivity contribution in [1.82, 2.24) is 0 Å². The number of aliphatic carboxylic acids is 1. The second kappa shape index (κ2) is 8.35. The van der Waals surface area contributed by atoms with Gasteiger partial charge in [-0.25, -0.2) is 0 Å². The summed E-state index contributed by atoms with van der Waals surface area (Å²) in [5, 5.41) is 11.5. The largest absolute Gasteiger partial charge is 0.540 e. The van der Waals surface area contributed by atoms with Crippen molar-refractivity contribution in [2.75, 3.05) is 0 Å². The van der Waals surface area contributed by atoms with E-state index in [-0.39, 0.29) is 11.0 Å². The molecular formula is C24H30O3Si. The highest BCUT2D eigenvalue weighted by atomic mass is 28.4. The lowest BCUT2D eigenvalue weighted by molar-refractivity contribution is -0.138. The van der Waals surface area contributed by atoms with Crippen LogP contribution in [0.25, 0.3) is 0 Å². The van der Waals surface area contributed by atoms with Crippen molar-refractivity contribution in [3.05, 3.63) is 73.0 Å². The number of rotatable bonds is 8. The van der Waals surface area contributed by atoms with Gasteiger partial charge < -0.3 is 9.53 Å². The lowest BCUT2D eigenvalue weighted by Crippen LogP contribution is -2.65. The smallest absolute Gasteiger partial charge is 0.319 e. The van der Waals surface area contributed by atoms with E-state index >= 15 is 0 Å². The van der Waals surface area contributed by atoms with Gasteiger partial charge >= 0.3 is 14.3 Å². The van der Waals surface area contributed by atoms with Crippen LogP contribution in [-0.2, 0) is 9.22 Å². The molecule has 2 aromatic carbocycles. The van der Waals surface area contributed by atoms with E-state index in [4.69, 9.17) is 9.53 Å². The predicted octanol–water partition coefficient (Wildman–Crippen LogP) is 4.58. The first-order chi connectivity index (χ1) is 13.4. The summed E-state index contributed by atoms with van der Waals surface area (Å²) in [7, 11) is -2.52. The van der Waals surface area contributed by atoms with E-state index in [1.807, 2.05) is 18.4 Å². The molecule has 0 spiro atoms. The number of allylic oxidation sites excluding steroid dienone is 1. The first-order valence-corrected chi connectivity index (χ1v) is 11.9. The van der Waals surface area contributed by atoms with E-state index in [0.29, 0.717) is 5.92 Å². The molecule has 0 heterocycles. The van der Waals surface area contributed by atoms with Crippen molar-refractivity contribution in [1.29, 1.82) is 0 Å². The van der Waals surface area contributed by atoms with Crippen LogP contribution >= 0.6 is 0 Å². The molecule has 1 N–H and O–H groups in total. The van der Waals surface area contributed by atoms with E-state index in [0.717, 1.165) is 19.3 Å². The number of hydrogen-bond acceptors (Lipinski definition) is 2. The van der Waals surface area contributed by atoms with E-state index in [9.17, 15) is 4.79 Å². The van der Waals surface area contributed by atoms with Gasteiger partial charge in [-0.2, -0.15) is 0 Å². The number of benzene rings is 2. The molecule has 3 rings (SSSR count). The average Bonchev–Trinajstić information content (AvgIpc) is 3.45. The van der Waals surface area contributed by atoms with Gasteiger partial charge in [-0.05, 0) is 40.6 Å². The maximum Gasteiger partial charge on any atom is 0.319 e. The van der Waals surface area contributed by atoms with E-state index in [1.165, 1.54) is 10.4 Å². The van der Waals surface area contributed by atoms with Gasteiger partial charge in [0.05, 0.1) is 12.2 Å². The molecule has 1 fully saturated rings. The molecule has 2 atom stereocenters. The topological polar surface area (TPSA) is 46.5 Å². The zero-order valence-electron chi connectivity index (χ0n) is 17.0. The van der Waals surface area contributed by atoms with Crippen molar-refractivity contribution in [2.24, 2.45) is 11.8 Å². The van der Waals surface area contributed by atoms with Crippen LogP contribution in [0.4, 0.5) is 0 Å². The molecule has 28 heavy (non-hydrogen) atoms. The van der Waals surface area contributed by atoms with E-state index in [2.05, 4.69) is 75.4 Å². The minimum absolute atomic E-state index is 0.0507. The fourth-order valence-electron chi connectivity index (χ4n) is 4.09. The summed E-state index contributed by atoms with van der Waals surface area (Å²) in [6.07, 6.45) is 6.52. The molecule has 0 amide bonds. The molecule has 0 radical (unpaired) electrons. The van der Waals surface area contributed by atoms with Crippen LogP contribution < -0.4 is 10.4 Å². The monoisotopic (exact) mass is 394 g/mol. The third-order valence-electron chi connectivity index (χ3n) is 5.70. The highest BCUT2D eigenvalue weighted by Crippen LogP contribution is 2.42. The number of carboxylic acid groups (broad SMARTS) is 1. The van der Waals surface area contributed by atoms with Crippen LogP contribution in [0.15, 0.2) is 73.0 Å². The predicted molar refractivity (Wildman–Crippen MR) is 116 cm³/mol. The second-order valence-electron chi connectivity index (χ2n) is 8.67. The first kappa shape index (κ1) is 20.4. The number of hydrogen-bond donors (Lipinski definition) is 1. The summed E-state index contributed by atoms with van der Waals surface area (Å²) in [6.45, 7) is 6.78. The number of carboxylic acids is 1. The Morgan fingerprint density at radius 1 is 1.07 bits per heavy atom. The fourth-order valence-corrected chi connectivity index (χ4v) is 8.40. The number of carbonyl (C=O) groups is 1. The van der Waals surface area contributed by atoms with Gasteiger partial charge in [0.1, 0.15) is 0 Å². The van der Waals surface area contributed by atoms with Crippen LogP contribution in [0, 0.1) is 11.8 Å². The summed E-state index contributed by atoms with van der Waals surface area (Å²) in [5.74, 6) is -0.460. The minimum Gasteiger partial charge on any atom is -0.540 e. The van der Waals surface area contributed by atoms with Gasteiger partial charge in [0.25, 0.3) is 0 Å². The normalized spacial score (nSPS) is 19.5. The molecule has 1 aliphatic rings. The Bertz CT molecular complexity index is 769. The summed E-state index contributed by atoms with van der Waals surface area (Å²) in [5.41, 5.74) is 0. The van der Waals surface area contributed by atoms with Crippen LogP contribution in [-0.4, -0.2) is 19.4 Å². The molecule has 148 valence electrons. The summed E-state index contributed by atoms with van der Waals surface area (Å²) >= 11 is 0. The third-order valence-corrected chi connectivity index (χ3v) is 10.6. The molecule has 3 nitrogen and oxygen atoms in total. The van der Waals surface area contributed by atoms with Gasteiger partial charge in [-0.15, -0.1) is 0 Å². The molecule has 1 saturated carbocycles. The summed E-state index contributed by atoms with van der Waals surface area (Å²) in [6, 6.07) is 21.1. The Morgan fingerprint density at radius 2 is 1.61 bits per heavy atom. The van der Waals surface area contributed by atoms with Gasteiger partial charge in [-0.3, -0.25) is 4.79 Å². The van der Waals surface area contributed by atoms with Crippen molar-refractivity contribution < 1.29 is 14.3 Å². The van der Waals surface area contributed by atoms with E-state index in [1.54, 1.807) is 0 Å². The SMILES string of the molecule is CC(C)(C)[Si](OC=CCCC1CC1C(=O)O)(c1ccccc1)c1ccccc1. The minimum atomic E-state index is -2.52. The Balaban J connectivity index is 1.82. The average molecular weight is 395 g/mol. The Kier molecular flexibility index (Phi) is 6.09. The van der Waals surface area contributed by atoms with Crippen LogP contribution in [0.3, 0.4) is 0 Å². The lowest BCUT2D eigenvalue weighted by atomic mass is 10.2. The van der Waals surface area contributed by atoms with Crippen molar-refractivity contribution in [2.45, 2.75) is 45.1 Å². The van der Waals surface area contributed by atoms with E-state index < -0.39 is 14.3 Å². The van der Waals surface area contributed by atoms with Crippen LogP contribution in [0.5, 0.6) is 0 Å². The first-order valence-electron chi connectivity index (χ1n) is 10.0. The third kappa shape index (κ3) is 4.22. The van der Waals surface area contributed by atoms with Crippen LogP contribution in [0.1, 0.15) is 40.0 Å². The molecule has 0 saturated heterocycles. The molecule has 2 unspecified atom stereocenters. The molecule has 0 bridgehead atoms. The molecular weight excluding hydrogens is 364 g/mol. The second-order valence-corrected chi connectivity index (χ2v) is 12.9. The van der Waals surface area contributed by atoms with Crippen LogP contribution in [0.2, 0.25) is 5.04 Å². The highest BCUT2D eigenvalue weighted by molar-refractivity contribution is 6.99. The summed E-state index contributed by atoms with van der Waals surface area (Å²) in [4.78, 5) is 11.0. The summed E-state index contributed by atoms with van der Waals surface area (Å²) < 4.78 is 6.68. The Hall–Kier alpha value is -2.33. The van der Waals surface area contributed by atoms with Gasteiger partial charge in [-0.1, -0.05) is 87.5 Å². The molecule has 0 aromatic heterocycles. The van der Waals surface area contributed by atoms with Crippen molar-refractivity contribution in [3.63, 3.8) is 0 Å². The zero-order chi connectivity index (χ0) is 20.2. The van der Waals surface area contributed by atoms with Crippen molar-refractivity contribution >= 4 is 24.7 Å². The van der Waals surface area contributed by atoms with Gasteiger partial charge in [0.15, 0.2) is 0 Å². The molecule has 0 aliphatic heterocycles. The van der Waals surface area contributed by atoms with Gasteiger partial charge in [0.2, 0.25) is 0 Å². The molecule has 2 aromatic rings. The highest BCUT2D eigenvalue weighted by Gasteiger charge is 2.51. The maximum absolute atomic E-state index is 11.0. The molecule has 1 aliphatic carbocycles. The maximum atomic E-state index is 11.0. The Labute approximate surface area is 169 Å². The Morgan fingerprint density at radius 3 is 2.04 bits per heavy atom. The van der Waals surface area contributed by atoms with Gasteiger partial charge in [0, 0.05) is 0 Å². The molecule has 4 heteroatoms. The zero-order valence-corrected chi connectivity index (χ0v) is 18.0. The lowest BCUT2D eigenvalue weighted by Gasteiger charge is -2.41. The van der Waals surface area contributed by atoms with Crippen molar-refractivity contribution in [3.8, 4) is 0 Å². The fraction of sp³-hybridized carbons (Fsp3) is 0.375.